The van der Waals surface area contributed by atoms with Gasteiger partial charge in [0.25, 0.3) is 0 Å². The fourth-order valence-electron chi connectivity index (χ4n) is 6.25. The molecule has 4 heterocycles. The van der Waals surface area contributed by atoms with E-state index < -0.39 is 55.0 Å². The van der Waals surface area contributed by atoms with E-state index in [9.17, 15) is 20.1 Å². The van der Waals surface area contributed by atoms with Crippen LogP contribution in [0.4, 0.5) is 0 Å². The molecule has 2 aromatic carbocycles. The number of phenolic OH excluding ortho intramolecular Hbond substituents is 1. The van der Waals surface area contributed by atoms with Crippen molar-refractivity contribution in [2.45, 2.75) is 50.0 Å². The lowest BCUT2D eigenvalue weighted by atomic mass is 9.75. The third-order valence-electron chi connectivity index (χ3n) is 8.27. The van der Waals surface area contributed by atoms with Crippen molar-refractivity contribution in [3.63, 3.8) is 0 Å². The number of phenols is 1. The average molecular weight is 587 g/mol. The first-order valence-corrected chi connectivity index (χ1v) is 13.5. The third kappa shape index (κ3) is 4.19. The monoisotopic (exact) mass is 586 g/mol. The molecular formula is C29H30O13. The lowest BCUT2D eigenvalue weighted by Crippen LogP contribution is -2.63. The molecule has 8 unspecified atom stereocenters. The summed E-state index contributed by atoms with van der Waals surface area (Å²) in [5.41, 5.74) is 2.55. The first-order valence-electron chi connectivity index (χ1n) is 13.5. The zero-order valence-electron chi connectivity index (χ0n) is 23.0. The number of aromatic hydroxyl groups is 1. The second-order valence-electron chi connectivity index (χ2n) is 10.6. The number of aliphatic hydroxyl groups excluding tert-OH is 2. The van der Waals surface area contributed by atoms with E-state index in [-0.39, 0.29) is 37.3 Å². The smallest absolute Gasteiger partial charge is 0.335 e. The van der Waals surface area contributed by atoms with E-state index in [1.54, 1.807) is 31.2 Å². The summed E-state index contributed by atoms with van der Waals surface area (Å²) in [7, 11) is 2.83. The van der Waals surface area contributed by atoms with Gasteiger partial charge in [0, 0.05) is 5.57 Å². The zero-order valence-corrected chi connectivity index (χ0v) is 23.0. The number of esters is 1. The molecule has 42 heavy (non-hydrogen) atoms. The maximum atomic E-state index is 13.3. The van der Waals surface area contributed by atoms with Gasteiger partial charge in [-0.3, -0.25) is 0 Å². The summed E-state index contributed by atoms with van der Waals surface area (Å²) in [4.78, 5) is 13.3. The second-order valence-corrected chi connectivity index (χ2v) is 10.6. The van der Waals surface area contributed by atoms with E-state index in [0.717, 1.165) is 0 Å². The molecule has 5 aliphatic rings. The highest BCUT2D eigenvalue weighted by Gasteiger charge is 2.52. The topological polar surface area (TPSA) is 161 Å². The summed E-state index contributed by atoms with van der Waals surface area (Å²) < 4.78 is 51.3. The molecular weight excluding hydrogens is 556 g/mol. The van der Waals surface area contributed by atoms with Crippen molar-refractivity contribution in [3.05, 3.63) is 46.5 Å². The van der Waals surface area contributed by atoms with Gasteiger partial charge in [-0.1, -0.05) is 0 Å². The van der Waals surface area contributed by atoms with E-state index in [0.29, 0.717) is 39.3 Å². The van der Waals surface area contributed by atoms with Gasteiger partial charge < -0.3 is 58.0 Å². The van der Waals surface area contributed by atoms with Crippen molar-refractivity contribution in [1.29, 1.82) is 0 Å². The molecule has 3 N–H and O–H groups in total. The predicted molar refractivity (Wildman–Crippen MR) is 139 cm³/mol. The van der Waals surface area contributed by atoms with Crippen LogP contribution in [0, 0.1) is 5.92 Å². The molecule has 13 heteroatoms. The van der Waals surface area contributed by atoms with Crippen LogP contribution in [-0.4, -0.2) is 92.5 Å². The van der Waals surface area contributed by atoms with Crippen LogP contribution in [0.2, 0.25) is 0 Å². The van der Waals surface area contributed by atoms with Gasteiger partial charge in [0.2, 0.25) is 12.5 Å². The van der Waals surface area contributed by atoms with Crippen molar-refractivity contribution < 1.29 is 62.7 Å². The Morgan fingerprint density at radius 2 is 1.62 bits per heavy atom. The molecule has 0 aromatic heterocycles. The van der Waals surface area contributed by atoms with Gasteiger partial charge in [-0.05, 0) is 47.9 Å². The lowest BCUT2D eigenvalue weighted by molar-refractivity contribution is -0.363. The number of aliphatic hydroxyl groups is 2. The Kier molecular flexibility index (Phi) is 6.68. The number of methoxy groups -OCH3 is 2. The maximum Gasteiger partial charge on any atom is 0.335 e. The van der Waals surface area contributed by atoms with Crippen LogP contribution in [0.1, 0.15) is 29.7 Å². The number of rotatable bonds is 5. The summed E-state index contributed by atoms with van der Waals surface area (Å²) >= 11 is 0. The molecule has 4 aliphatic heterocycles. The van der Waals surface area contributed by atoms with Crippen molar-refractivity contribution in [2.24, 2.45) is 5.92 Å². The molecule has 1 aliphatic carbocycles. The fraction of sp³-hybridized carbons (Fsp3) is 0.483. The minimum absolute atomic E-state index is 0.0102. The first-order chi connectivity index (χ1) is 20.3. The lowest BCUT2D eigenvalue weighted by Gasteiger charge is -2.47. The highest BCUT2D eigenvalue weighted by Crippen LogP contribution is 2.54. The molecule has 13 nitrogen and oxygen atoms in total. The summed E-state index contributed by atoms with van der Waals surface area (Å²) in [6, 6.07) is 6.72. The van der Waals surface area contributed by atoms with Crippen LogP contribution in [0.3, 0.4) is 0 Å². The second kappa shape index (κ2) is 10.3. The normalized spacial score (nSPS) is 33.0. The van der Waals surface area contributed by atoms with Crippen molar-refractivity contribution in [1.82, 2.24) is 0 Å². The highest BCUT2D eigenvalue weighted by molar-refractivity contribution is 6.06. The number of carbonyl (C=O) groups excluding carboxylic acids is 1. The Morgan fingerprint density at radius 3 is 2.33 bits per heavy atom. The zero-order chi connectivity index (χ0) is 29.3. The Balaban J connectivity index is 1.34. The molecule has 3 saturated heterocycles. The molecule has 0 bridgehead atoms. The van der Waals surface area contributed by atoms with Crippen molar-refractivity contribution >= 4 is 11.5 Å². The van der Waals surface area contributed by atoms with E-state index in [1.807, 2.05) is 0 Å². The molecule has 3 fully saturated rings. The Bertz CT molecular complexity index is 1430. The van der Waals surface area contributed by atoms with Crippen LogP contribution in [0.15, 0.2) is 29.8 Å². The van der Waals surface area contributed by atoms with E-state index in [4.69, 9.17) is 42.6 Å². The highest BCUT2D eigenvalue weighted by atomic mass is 16.8. The van der Waals surface area contributed by atoms with Crippen molar-refractivity contribution in [3.8, 4) is 28.7 Å². The minimum Gasteiger partial charge on any atom is -0.502 e. The van der Waals surface area contributed by atoms with E-state index in [2.05, 4.69) is 0 Å². The largest absolute Gasteiger partial charge is 0.502 e. The van der Waals surface area contributed by atoms with Gasteiger partial charge in [-0.25, -0.2) is 4.79 Å². The van der Waals surface area contributed by atoms with Gasteiger partial charge in [-0.15, -0.1) is 0 Å². The van der Waals surface area contributed by atoms with Gasteiger partial charge >= 0.3 is 5.97 Å². The number of cyclic esters (lactones) is 1. The summed E-state index contributed by atoms with van der Waals surface area (Å²) in [6.45, 7) is 1.84. The number of carbonyl (C=O) groups is 1. The number of hydrogen-bond donors (Lipinski definition) is 3. The van der Waals surface area contributed by atoms with E-state index in [1.165, 1.54) is 14.2 Å². The van der Waals surface area contributed by atoms with Crippen LogP contribution in [0.25, 0.3) is 5.57 Å². The summed E-state index contributed by atoms with van der Waals surface area (Å²) in [6.07, 6.45) is -6.93. The fourth-order valence-corrected chi connectivity index (χ4v) is 6.25. The van der Waals surface area contributed by atoms with Crippen LogP contribution in [-0.2, 0) is 28.5 Å². The Morgan fingerprint density at radius 1 is 0.905 bits per heavy atom. The summed E-state index contributed by atoms with van der Waals surface area (Å²) in [5.74, 6) is -0.130. The number of hydrogen-bond acceptors (Lipinski definition) is 13. The molecule has 0 radical (unpaired) electrons. The molecule has 224 valence electrons. The number of ether oxygens (including phenoxy) is 9. The SMILES string of the molecule is COc1cc(C2=C3C(=O)OCC3C(OC3OC4COC(C)OC4C(O)C3O)c3cc4c(cc32)OCO4)cc(OC)c1O. The quantitative estimate of drug-likeness (QED) is 0.432. The van der Waals surface area contributed by atoms with Crippen LogP contribution < -0.4 is 18.9 Å². The Hall–Kier alpha value is -3.59. The third-order valence-corrected chi connectivity index (χ3v) is 8.27. The van der Waals surface area contributed by atoms with Gasteiger partial charge in [-0.2, -0.15) is 0 Å². The van der Waals surface area contributed by atoms with Crippen molar-refractivity contribution in [2.75, 3.05) is 34.2 Å². The van der Waals surface area contributed by atoms with Gasteiger partial charge in [0.15, 0.2) is 35.6 Å². The van der Waals surface area contributed by atoms with Gasteiger partial charge in [0.05, 0.1) is 38.4 Å². The molecule has 0 spiro atoms. The van der Waals surface area contributed by atoms with Crippen LogP contribution in [0.5, 0.6) is 28.7 Å². The molecule has 0 saturated carbocycles. The first kappa shape index (κ1) is 27.3. The molecule has 8 atom stereocenters. The Labute approximate surface area is 240 Å². The van der Waals surface area contributed by atoms with E-state index >= 15 is 0 Å². The van der Waals surface area contributed by atoms with Crippen LogP contribution >= 0.6 is 0 Å². The van der Waals surface area contributed by atoms with Gasteiger partial charge in [0.1, 0.15) is 31.0 Å². The molecule has 7 rings (SSSR count). The summed E-state index contributed by atoms with van der Waals surface area (Å²) in [5, 5.41) is 32.5. The number of benzene rings is 2. The average Bonchev–Trinajstić information content (AvgIpc) is 3.61. The standard InChI is InChI=1S/C29H30O13/c1-11-36-9-20-27(40-11)24(31)25(32)29(41-20)42-26-14-7-17-16(38-10-39-17)6-13(14)21(22-15(26)8-37-28(22)33)12-4-18(34-2)23(30)19(5-12)35-3/h4-7,11,15,20,24-27,29-32H,8-10H2,1-3H3. The maximum absolute atomic E-state index is 13.3. The molecule has 0 amide bonds. The minimum atomic E-state index is -1.45. The molecule has 2 aromatic rings. The number of fused-ring (bicyclic) bond motifs is 4. The predicted octanol–water partition coefficient (Wildman–Crippen LogP) is 1.39.